The lowest BCUT2D eigenvalue weighted by molar-refractivity contribution is -0.0115. The minimum absolute atomic E-state index is 0.00643. The van der Waals surface area contributed by atoms with Gasteiger partial charge in [0.15, 0.2) is 6.29 Å². The molecule has 166 valence electrons. The van der Waals surface area contributed by atoms with Crippen molar-refractivity contribution >= 4 is 17.5 Å². The van der Waals surface area contributed by atoms with E-state index in [0.29, 0.717) is 12.1 Å². The van der Waals surface area contributed by atoms with Gasteiger partial charge in [0.1, 0.15) is 11.6 Å². The highest BCUT2D eigenvalue weighted by atomic mass is 19.1. The average molecular weight is 437 g/mol. The normalized spacial score (nSPS) is 23.9. The van der Waals surface area contributed by atoms with Crippen molar-refractivity contribution in [2.75, 3.05) is 33.4 Å². The molecule has 0 bridgehead atoms. The van der Waals surface area contributed by atoms with Gasteiger partial charge in [0.05, 0.1) is 24.8 Å². The lowest BCUT2D eigenvalue weighted by atomic mass is 9.99. The van der Waals surface area contributed by atoms with Gasteiger partial charge >= 0.3 is 0 Å². The van der Waals surface area contributed by atoms with Gasteiger partial charge in [-0.05, 0) is 36.1 Å². The lowest BCUT2D eigenvalue weighted by Gasteiger charge is -2.38. The number of morpholine rings is 1. The van der Waals surface area contributed by atoms with Gasteiger partial charge in [0.2, 0.25) is 0 Å². The van der Waals surface area contributed by atoms with Crippen molar-refractivity contribution in [3.63, 3.8) is 0 Å². The first-order chi connectivity index (χ1) is 15.6. The molecular weight excluding hydrogens is 410 g/mol. The van der Waals surface area contributed by atoms with Crippen LogP contribution in [0.25, 0.3) is 5.57 Å². The third-order valence-electron chi connectivity index (χ3n) is 6.27. The van der Waals surface area contributed by atoms with Crippen LogP contribution >= 0.6 is 0 Å². The van der Waals surface area contributed by atoms with Crippen LogP contribution in [0.2, 0.25) is 0 Å². The molecule has 5 nitrogen and oxygen atoms in total. The summed E-state index contributed by atoms with van der Waals surface area (Å²) in [6.45, 7) is 3.25. The lowest BCUT2D eigenvalue weighted by Crippen LogP contribution is -2.49. The SMILES string of the molecule is CN1C=C(c2ccc(C3CCC(c4c(F)cccc4F)=N3)cc2)C=NC1N1CCOCC1. The Morgan fingerprint density at radius 1 is 1.00 bits per heavy atom. The van der Waals surface area contributed by atoms with E-state index >= 15 is 0 Å². The van der Waals surface area contributed by atoms with E-state index < -0.39 is 11.6 Å². The fraction of sp³-hybridized carbons (Fsp3) is 0.360. The first kappa shape index (κ1) is 21.0. The van der Waals surface area contributed by atoms with Crippen molar-refractivity contribution in [1.82, 2.24) is 9.80 Å². The highest BCUT2D eigenvalue weighted by Gasteiger charge is 2.26. The van der Waals surface area contributed by atoms with Crippen molar-refractivity contribution in [2.45, 2.75) is 25.2 Å². The molecule has 3 heterocycles. The first-order valence-corrected chi connectivity index (χ1v) is 11.0. The van der Waals surface area contributed by atoms with Gasteiger partial charge in [-0.15, -0.1) is 0 Å². The average Bonchev–Trinajstić information content (AvgIpc) is 3.29. The predicted octanol–water partition coefficient (Wildman–Crippen LogP) is 4.26. The zero-order chi connectivity index (χ0) is 22.1. The number of hydrogen-bond acceptors (Lipinski definition) is 5. The predicted molar refractivity (Wildman–Crippen MR) is 122 cm³/mol. The summed E-state index contributed by atoms with van der Waals surface area (Å²) >= 11 is 0. The van der Waals surface area contributed by atoms with Crippen LogP contribution in [0.5, 0.6) is 0 Å². The molecule has 0 aliphatic carbocycles. The molecular formula is C25H26F2N4O. The summed E-state index contributed by atoms with van der Waals surface area (Å²) in [4.78, 5) is 13.8. The highest BCUT2D eigenvalue weighted by Crippen LogP contribution is 2.33. The van der Waals surface area contributed by atoms with E-state index in [1.807, 2.05) is 25.4 Å². The fourth-order valence-corrected chi connectivity index (χ4v) is 4.57. The molecule has 2 unspecified atom stereocenters. The Hall–Kier alpha value is -2.90. The van der Waals surface area contributed by atoms with Gasteiger partial charge in [0.25, 0.3) is 0 Å². The monoisotopic (exact) mass is 436 g/mol. The van der Waals surface area contributed by atoms with E-state index in [2.05, 4.69) is 33.1 Å². The Balaban J connectivity index is 1.30. The Morgan fingerprint density at radius 2 is 1.72 bits per heavy atom. The third kappa shape index (κ3) is 4.10. The standard InChI is InChI=1S/C25H26F2N4O/c1-30-16-19(15-28-25(30)31-11-13-32-14-12-31)17-5-7-18(8-6-17)22-9-10-23(29-22)24-20(26)3-2-4-21(24)27/h2-8,15-16,22,25H,9-14H2,1H3. The van der Waals surface area contributed by atoms with E-state index in [-0.39, 0.29) is 17.9 Å². The Morgan fingerprint density at radius 3 is 2.41 bits per heavy atom. The van der Waals surface area contributed by atoms with Gasteiger partial charge in [-0.1, -0.05) is 30.3 Å². The Bertz CT molecular complexity index is 1050. The van der Waals surface area contributed by atoms with E-state index in [1.54, 1.807) is 0 Å². The highest BCUT2D eigenvalue weighted by molar-refractivity contribution is 6.10. The van der Waals surface area contributed by atoms with Gasteiger partial charge in [-0.3, -0.25) is 14.9 Å². The minimum Gasteiger partial charge on any atom is -0.379 e. The van der Waals surface area contributed by atoms with Gasteiger partial charge in [0, 0.05) is 43.8 Å². The molecule has 0 N–H and O–H groups in total. The molecule has 0 spiro atoms. The molecule has 2 aromatic rings. The molecule has 2 atom stereocenters. The molecule has 5 rings (SSSR count). The second-order valence-electron chi connectivity index (χ2n) is 8.37. The van der Waals surface area contributed by atoms with Crippen molar-refractivity contribution < 1.29 is 13.5 Å². The second kappa shape index (κ2) is 8.92. The van der Waals surface area contributed by atoms with E-state index in [9.17, 15) is 8.78 Å². The van der Waals surface area contributed by atoms with E-state index in [1.165, 1.54) is 18.2 Å². The minimum atomic E-state index is -0.553. The molecule has 0 amide bonds. The van der Waals surface area contributed by atoms with Crippen LogP contribution in [0.3, 0.4) is 0 Å². The van der Waals surface area contributed by atoms with Crippen LogP contribution in [0, 0.1) is 11.6 Å². The summed E-state index contributed by atoms with van der Waals surface area (Å²) in [5.74, 6) is -1.11. The molecule has 7 heteroatoms. The molecule has 0 saturated carbocycles. The van der Waals surface area contributed by atoms with Crippen LogP contribution < -0.4 is 0 Å². The molecule has 0 aromatic heterocycles. The zero-order valence-electron chi connectivity index (χ0n) is 18.0. The summed E-state index contributed by atoms with van der Waals surface area (Å²) < 4.78 is 33.7. The number of halogens is 2. The number of aliphatic imine (C=N–C) groups is 2. The maximum Gasteiger partial charge on any atom is 0.178 e. The Kier molecular flexibility index (Phi) is 5.85. The number of ether oxygens (including phenoxy) is 1. The number of allylic oxidation sites excluding steroid dienone is 1. The van der Waals surface area contributed by atoms with Crippen molar-refractivity contribution in [2.24, 2.45) is 9.98 Å². The van der Waals surface area contributed by atoms with Crippen molar-refractivity contribution in [3.05, 3.63) is 77.0 Å². The molecule has 32 heavy (non-hydrogen) atoms. The third-order valence-corrected chi connectivity index (χ3v) is 6.27. The summed E-state index contributed by atoms with van der Waals surface area (Å²) in [6, 6.07) is 12.1. The summed E-state index contributed by atoms with van der Waals surface area (Å²) in [6.07, 6.45) is 5.37. The van der Waals surface area contributed by atoms with Crippen LogP contribution in [-0.4, -0.2) is 61.4 Å². The fourth-order valence-electron chi connectivity index (χ4n) is 4.57. The molecule has 3 aliphatic rings. The Labute approximate surface area is 186 Å². The summed E-state index contributed by atoms with van der Waals surface area (Å²) in [5.41, 5.74) is 3.69. The molecule has 1 fully saturated rings. The number of hydrogen-bond donors (Lipinski definition) is 0. The van der Waals surface area contributed by atoms with E-state index in [4.69, 9.17) is 9.73 Å². The smallest absolute Gasteiger partial charge is 0.178 e. The topological polar surface area (TPSA) is 40.4 Å². The van der Waals surface area contributed by atoms with Gasteiger partial charge in [-0.2, -0.15) is 0 Å². The summed E-state index contributed by atoms with van der Waals surface area (Å²) in [7, 11) is 2.04. The first-order valence-electron chi connectivity index (χ1n) is 11.0. The zero-order valence-corrected chi connectivity index (χ0v) is 18.0. The van der Waals surface area contributed by atoms with Crippen LogP contribution in [0.4, 0.5) is 8.78 Å². The second-order valence-corrected chi connectivity index (χ2v) is 8.37. The molecule has 0 radical (unpaired) electrons. The summed E-state index contributed by atoms with van der Waals surface area (Å²) in [5, 5.41) is 0. The molecule has 1 saturated heterocycles. The molecule has 2 aromatic carbocycles. The largest absolute Gasteiger partial charge is 0.379 e. The van der Waals surface area contributed by atoms with Crippen LogP contribution in [-0.2, 0) is 4.74 Å². The van der Waals surface area contributed by atoms with Gasteiger partial charge < -0.3 is 9.64 Å². The van der Waals surface area contributed by atoms with Gasteiger partial charge in [-0.25, -0.2) is 8.78 Å². The van der Waals surface area contributed by atoms with Crippen LogP contribution in [0.15, 0.2) is 58.6 Å². The van der Waals surface area contributed by atoms with Crippen LogP contribution in [0.1, 0.15) is 35.6 Å². The number of nitrogens with zero attached hydrogens (tertiary/aromatic N) is 4. The van der Waals surface area contributed by atoms with Crippen molar-refractivity contribution in [1.29, 1.82) is 0 Å². The maximum absolute atomic E-state index is 14.1. The quantitative estimate of drug-likeness (QED) is 0.719. The molecule has 3 aliphatic heterocycles. The number of rotatable bonds is 4. The number of benzene rings is 2. The van der Waals surface area contributed by atoms with Crippen molar-refractivity contribution in [3.8, 4) is 0 Å². The van der Waals surface area contributed by atoms with E-state index in [0.717, 1.165) is 49.4 Å². The maximum atomic E-state index is 14.1.